The Kier molecular flexibility index (Phi) is 0.961. The Morgan fingerprint density at radius 1 is 1.33 bits per heavy atom. The molecule has 0 spiro atoms. The van der Waals surface area contributed by atoms with Gasteiger partial charge in [0.15, 0.2) is 0 Å². The molecule has 0 amide bonds. The van der Waals surface area contributed by atoms with Crippen molar-refractivity contribution in [2.45, 2.75) is 6.67 Å². The molecule has 0 unspecified atom stereocenters. The van der Waals surface area contributed by atoms with Gasteiger partial charge in [0.05, 0.1) is 23.3 Å². The Labute approximate surface area is 69.7 Å². The average Bonchev–Trinajstić information content (AvgIpc) is 2.71. The molecular formula is C9H7N3. The van der Waals surface area contributed by atoms with Crippen LogP contribution >= 0.6 is 0 Å². The van der Waals surface area contributed by atoms with Crippen molar-refractivity contribution >= 4 is 6.21 Å². The van der Waals surface area contributed by atoms with E-state index in [1.807, 2.05) is 24.5 Å². The fraction of sp³-hybridized carbons (Fsp3) is 0.111. The molecule has 0 saturated carbocycles. The summed E-state index contributed by atoms with van der Waals surface area (Å²) in [7, 11) is 0. The van der Waals surface area contributed by atoms with Crippen LogP contribution in [0.15, 0.2) is 29.4 Å². The van der Waals surface area contributed by atoms with E-state index in [9.17, 15) is 0 Å². The van der Waals surface area contributed by atoms with Gasteiger partial charge in [-0.15, -0.1) is 0 Å². The Morgan fingerprint density at radius 2 is 2.33 bits per heavy atom. The predicted octanol–water partition coefficient (Wildman–Crippen LogP) is 1.38. The van der Waals surface area contributed by atoms with Crippen molar-refractivity contribution in [3.63, 3.8) is 0 Å². The molecule has 3 rings (SSSR count). The van der Waals surface area contributed by atoms with Gasteiger partial charge in [-0.1, -0.05) is 6.07 Å². The summed E-state index contributed by atoms with van der Waals surface area (Å²) < 4.78 is 2.16. The van der Waals surface area contributed by atoms with Gasteiger partial charge >= 0.3 is 0 Å². The molecule has 2 aliphatic heterocycles. The highest BCUT2D eigenvalue weighted by Crippen LogP contribution is 2.22. The van der Waals surface area contributed by atoms with Gasteiger partial charge in [0, 0.05) is 6.21 Å². The number of rotatable bonds is 0. The number of hydrogen-bond acceptors (Lipinski definition) is 2. The summed E-state index contributed by atoms with van der Waals surface area (Å²) in [5.74, 6) is 0. The molecule has 12 heavy (non-hydrogen) atoms. The van der Waals surface area contributed by atoms with Gasteiger partial charge in [0.1, 0.15) is 6.67 Å². The van der Waals surface area contributed by atoms with E-state index in [0.29, 0.717) is 0 Å². The largest absolute Gasteiger partial charge is 0.317 e. The van der Waals surface area contributed by atoms with E-state index < -0.39 is 0 Å². The molecule has 0 fully saturated rings. The topological polar surface area (TPSA) is 30.2 Å². The maximum atomic E-state index is 4.30. The van der Waals surface area contributed by atoms with Crippen LogP contribution in [0.3, 0.4) is 0 Å². The minimum atomic E-state index is 0.734. The average molecular weight is 157 g/mol. The van der Waals surface area contributed by atoms with E-state index in [1.165, 1.54) is 5.69 Å². The van der Waals surface area contributed by atoms with Crippen LogP contribution in [-0.4, -0.2) is 15.8 Å². The summed E-state index contributed by atoms with van der Waals surface area (Å²) in [4.78, 5) is 8.48. The summed E-state index contributed by atoms with van der Waals surface area (Å²) in [6, 6.07) is 6.10. The first-order valence-corrected chi connectivity index (χ1v) is 3.89. The van der Waals surface area contributed by atoms with Crippen molar-refractivity contribution in [2.75, 3.05) is 0 Å². The SMILES string of the molecule is C1=NCn2c1cnc1cccc2-1. The van der Waals surface area contributed by atoms with Gasteiger partial charge in [-0.2, -0.15) is 0 Å². The van der Waals surface area contributed by atoms with Crippen molar-refractivity contribution in [3.05, 3.63) is 30.1 Å². The summed E-state index contributed by atoms with van der Waals surface area (Å²) in [5, 5.41) is 0. The summed E-state index contributed by atoms with van der Waals surface area (Å²) in [6.07, 6.45) is 3.72. The zero-order valence-corrected chi connectivity index (χ0v) is 6.44. The maximum absolute atomic E-state index is 4.30. The van der Waals surface area contributed by atoms with Crippen LogP contribution in [0.5, 0.6) is 0 Å². The van der Waals surface area contributed by atoms with Gasteiger partial charge in [-0.25, -0.2) is 0 Å². The molecule has 3 aliphatic rings. The normalized spacial score (nSPS) is 14.0. The Morgan fingerprint density at radius 3 is 3.33 bits per heavy atom. The third-order valence-electron chi connectivity index (χ3n) is 2.16. The number of nitrogens with zero attached hydrogens (tertiary/aromatic N) is 3. The highest BCUT2D eigenvalue weighted by Gasteiger charge is 2.12. The fourth-order valence-corrected chi connectivity index (χ4v) is 1.56. The molecule has 0 aromatic carbocycles. The van der Waals surface area contributed by atoms with Gasteiger partial charge in [0.2, 0.25) is 0 Å². The van der Waals surface area contributed by atoms with Crippen LogP contribution in [0.1, 0.15) is 5.69 Å². The van der Waals surface area contributed by atoms with E-state index in [0.717, 1.165) is 18.1 Å². The number of aromatic nitrogens is 2. The maximum Gasteiger partial charge on any atom is 0.115 e. The third kappa shape index (κ3) is 0.605. The molecule has 3 nitrogen and oxygen atoms in total. The molecule has 0 atom stereocenters. The lowest BCUT2D eigenvalue weighted by molar-refractivity contribution is 0.757. The summed E-state index contributed by atoms with van der Waals surface area (Å²) >= 11 is 0. The Hall–Kier alpha value is -1.64. The molecule has 2 heterocycles. The zero-order chi connectivity index (χ0) is 7.97. The van der Waals surface area contributed by atoms with Crippen molar-refractivity contribution in [3.8, 4) is 11.4 Å². The number of fused-ring (bicyclic) bond motifs is 3. The quantitative estimate of drug-likeness (QED) is 0.568. The molecule has 58 valence electrons. The van der Waals surface area contributed by atoms with Gasteiger partial charge in [-0.05, 0) is 12.1 Å². The molecule has 1 aliphatic carbocycles. The van der Waals surface area contributed by atoms with E-state index in [-0.39, 0.29) is 0 Å². The third-order valence-corrected chi connectivity index (χ3v) is 2.16. The lowest BCUT2D eigenvalue weighted by Gasteiger charge is -2.07. The molecule has 0 N–H and O–H groups in total. The highest BCUT2D eigenvalue weighted by atomic mass is 15.1. The van der Waals surface area contributed by atoms with Crippen molar-refractivity contribution < 1.29 is 0 Å². The van der Waals surface area contributed by atoms with Crippen molar-refractivity contribution in [2.24, 2.45) is 4.99 Å². The molecule has 0 aromatic rings. The molecule has 0 saturated heterocycles. The smallest absolute Gasteiger partial charge is 0.115 e. The van der Waals surface area contributed by atoms with Crippen molar-refractivity contribution in [1.82, 2.24) is 9.55 Å². The Bertz CT molecular complexity index is 428. The molecule has 3 heteroatoms. The molecule has 0 aromatic heterocycles. The van der Waals surface area contributed by atoms with Crippen LogP contribution < -0.4 is 0 Å². The Balaban J connectivity index is 2.41. The molecule has 0 radical (unpaired) electrons. The van der Waals surface area contributed by atoms with Crippen LogP contribution in [0.25, 0.3) is 11.4 Å². The lowest BCUT2D eigenvalue weighted by Crippen LogP contribution is -2.03. The predicted molar refractivity (Wildman–Crippen MR) is 46.4 cm³/mol. The number of aliphatic imine (C=N–C) groups is 1. The first kappa shape index (κ1) is 5.94. The first-order valence-electron chi connectivity index (χ1n) is 3.89. The van der Waals surface area contributed by atoms with Crippen molar-refractivity contribution in [1.29, 1.82) is 0 Å². The molecule has 0 bridgehead atoms. The summed E-state index contributed by atoms with van der Waals surface area (Å²) in [6.45, 7) is 0.734. The van der Waals surface area contributed by atoms with Gasteiger partial charge in [0.25, 0.3) is 0 Å². The number of hydrogen-bond donors (Lipinski definition) is 0. The van der Waals surface area contributed by atoms with E-state index in [1.54, 1.807) is 0 Å². The van der Waals surface area contributed by atoms with Crippen LogP contribution in [0.4, 0.5) is 0 Å². The lowest BCUT2D eigenvalue weighted by atomic mass is 10.3. The second kappa shape index (κ2) is 1.94. The zero-order valence-electron chi connectivity index (χ0n) is 6.44. The molecular weight excluding hydrogens is 150 g/mol. The summed E-state index contributed by atoms with van der Waals surface area (Å²) in [5.41, 5.74) is 3.31. The van der Waals surface area contributed by atoms with E-state index in [4.69, 9.17) is 0 Å². The minimum absolute atomic E-state index is 0.734. The van der Waals surface area contributed by atoms with Crippen LogP contribution in [-0.2, 0) is 6.67 Å². The van der Waals surface area contributed by atoms with E-state index >= 15 is 0 Å². The highest BCUT2D eigenvalue weighted by molar-refractivity contribution is 5.80. The second-order valence-electron chi connectivity index (χ2n) is 2.86. The van der Waals surface area contributed by atoms with Crippen LogP contribution in [0, 0.1) is 0 Å². The van der Waals surface area contributed by atoms with E-state index in [2.05, 4.69) is 20.6 Å². The van der Waals surface area contributed by atoms with Gasteiger partial charge < -0.3 is 4.57 Å². The first-order chi connectivity index (χ1) is 5.95. The minimum Gasteiger partial charge on any atom is -0.317 e. The fourth-order valence-electron chi connectivity index (χ4n) is 1.56. The standard InChI is InChI=1S/C9H7N3/c1-2-8-9(3-1)12-6-10-4-7(12)5-11-8/h1-5H,6H2. The second-order valence-corrected chi connectivity index (χ2v) is 2.86. The monoisotopic (exact) mass is 157 g/mol. The van der Waals surface area contributed by atoms with Gasteiger partial charge in [-0.3, -0.25) is 9.98 Å². The van der Waals surface area contributed by atoms with Crippen LogP contribution in [0.2, 0.25) is 0 Å².